The van der Waals surface area contributed by atoms with Crippen molar-refractivity contribution in [2.45, 2.75) is 0 Å². The van der Waals surface area contributed by atoms with Crippen molar-refractivity contribution in [3.63, 3.8) is 0 Å². The number of ether oxygens (including phenoxy) is 2. The second-order valence-electron chi connectivity index (χ2n) is 4.51. The summed E-state index contributed by atoms with van der Waals surface area (Å²) in [5.41, 5.74) is 1.66. The summed E-state index contributed by atoms with van der Waals surface area (Å²) in [4.78, 5) is 4.32. The molecule has 3 rings (SSSR count). The molecule has 1 N–H and O–H groups in total. The van der Waals surface area contributed by atoms with E-state index in [0.29, 0.717) is 11.8 Å². The van der Waals surface area contributed by atoms with Gasteiger partial charge in [-0.05, 0) is 36.4 Å². The molecule has 0 fully saturated rings. The lowest BCUT2D eigenvalue weighted by atomic mass is 10.2. The van der Waals surface area contributed by atoms with Crippen LogP contribution in [0.15, 0.2) is 53.1 Å². The van der Waals surface area contributed by atoms with E-state index in [0.717, 1.165) is 22.7 Å². The quantitative estimate of drug-likeness (QED) is 0.777. The van der Waals surface area contributed by atoms with Crippen molar-refractivity contribution in [1.82, 2.24) is 10.1 Å². The van der Waals surface area contributed by atoms with Crippen molar-refractivity contribution < 1.29 is 14.0 Å². The van der Waals surface area contributed by atoms with Crippen molar-refractivity contribution in [1.29, 1.82) is 0 Å². The molecule has 0 radical (unpaired) electrons. The van der Waals surface area contributed by atoms with Gasteiger partial charge in [0, 0.05) is 17.3 Å². The molecule has 0 bridgehead atoms. The van der Waals surface area contributed by atoms with Gasteiger partial charge < -0.3 is 19.3 Å². The molecule has 0 amide bonds. The molecule has 6 nitrogen and oxygen atoms in total. The van der Waals surface area contributed by atoms with E-state index >= 15 is 0 Å². The Kier molecular flexibility index (Phi) is 3.91. The molecule has 0 aliphatic rings. The van der Waals surface area contributed by atoms with Gasteiger partial charge >= 0.3 is 6.01 Å². The number of nitrogens with one attached hydrogen (secondary N) is 1. The van der Waals surface area contributed by atoms with Crippen LogP contribution in [0.5, 0.6) is 11.5 Å². The molecule has 0 aliphatic heterocycles. The van der Waals surface area contributed by atoms with Crippen molar-refractivity contribution >= 4 is 11.7 Å². The molecular weight excluding hydrogens is 282 g/mol. The summed E-state index contributed by atoms with van der Waals surface area (Å²) in [5.74, 6) is 2.04. The fourth-order valence-corrected chi connectivity index (χ4v) is 1.96. The third kappa shape index (κ3) is 3.01. The zero-order chi connectivity index (χ0) is 15.4. The van der Waals surface area contributed by atoms with E-state index in [1.54, 1.807) is 14.2 Å². The first-order chi connectivity index (χ1) is 10.8. The number of benzene rings is 2. The normalized spacial score (nSPS) is 10.3. The second kappa shape index (κ2) is 6.17. The first kappa shape index (κ1) is 13.9. The Hall–Kier alpha value is -3.02. The predicted molar refractivity (Wildman–Crippen MR) is 82.6 cm³/mol. The highest BCUT2D eigenvalue weighted by molar-refractivity contribution is 5.59. The fourth-order valence-electron chi connectivity index (χ4n) is 1.96. The number of nitrogens with zero attached hydrogens (tertiary/aromatic N) is 2. The summed E-state index contributed by atoms with van der Waals surface area (Å²) < 4.78 is 15.5. The average Bonchev–Trinajstić information content (AvgIpc) is 3.03. The van der Waals surface area contributed by atoms with Gasteiger partial charge in [0.25, 0.3) is 0 Å². The zero-order valence-electron chi connectivity index (χ0n) is 12.2. The minimum atomic E-state index is 0.319. The predicted octanol–water partition coefficient (Wildman–Crippen LogP) is 3.50. The van der Waals surface area contributed by atoms with Crippen molar-refractivity contribution in [3.8, 4) is 22.9 Å². The van der Waals surface area contributed by atoms with Crippen LogP contribution < -0.4 is 14.8 Å². The molecule has 2 aromatic carbocycles. The summed E-state index contributed by atoms with van der Waals surface area (Å²) >= 11 is 0. The van der Waals surface area contributed by atoms with Gasteiger partial charge in [0.1, 0.15) is 11.5 Å². The fraction of sp³-hybridized carbons (Fsp3) is 0.125. The maximum absolute atomic E-state index is 5.21. The summed E-state index contributed by atoms with van der Waals surface area (Å²) in [6, 6.07) is 15.2. The van der Waals surface area contributed by atoms with E-state index < -0.39 is 0 Å². The number of hydrogen-bond donors (Lipinski definition) is 1. The van der Waals surface area contributed by atoms with Crippen molar-refractivity contribution in [3.05, 3.63) is 48.5 Å². The van der Waals surface area contributed by atoms with E-state index in [1.165, 1.54) is 0 Å². The van der Waals surface area contributed by atoms with Gasteiger partial charge in [-0.25, -0.2) is 0 Å². The Labute approximate surface area is 127 Å². The van der Waals surface area contributed by atoms with Crippen LogP contribution in [0.3, 0.4) is 0 Å². The van der Waals surface area contributed by atoms with E-state index in [2.05, 4.69) is 15.5 Å². The molecule has 0 saturated carbocycles. The number of aromatic nitrogens is 2. The Morgan fingerprint density at radius 1 is 0.955 bits per heavy atom. The molecule has 0 unspecified atom stereocenters. The Bertz CT molecular complexity index is 753. The molecule has 0 aliphatic carbocycles. The lowest BCUT2D eigenvalue weighted by molar-refractivity contribution is 0.414. The summed E-state index contributed by atoms with van der Waals surface area (Å²) in [5, 5.41) is 7.01. The molecule has 1 heterocycles. The number of methoxy groups -OCH3 is 2. The molecule has 6 heteroatoms. The number of anilines is 2. The highest BCUT2D eigenvalue weighted by Gasteiger charge is 2.09. The monoisotopic (exact) mass is 297 g/mol. The minimum Gasteiger partial charge on any atom is -0.497 e. The van der Waals surface area contributed by atoms with Crippen molar-refractivity contribution in [2.75, 3.05) is 19.5 Å². The minimum absolute atomic E-state index is 0.319. The van der Waals surface area contributed by atoms with Crippen LogP contribution in [0.4, 0.5) is 11.7 Å². The first-order valence-electron chi connectivity index (χ1n) is 6.67. The van der Waals surface area contributed by atoms with Crippen LogP contribution in [0, 0.1) is 0 Å². The maximum atomic E-state index is 5.21. The number of rotatable bonds is 5. The smallest absolute Gasteiger partial charge is 0.326 e. The zero-order valence-corrected chi connectivity index (χ0v) is 12.2. The Morgan fingerprint density at radius 2 is 1.73 bits per heavy atom. The third-order valence-electron chi connectivity index (χ3n) is 3.10. The molecular formula is C16H15N3O3. The van der Waals surface area contributed by atoms with Crippen molar-refractivity contribution in [2.24, 2.45) is 0 Å². The highest BCUT2D eigenvalue weighted by Crippen LogP contribution is 2.24. The number of hydrogen-bond acceptors (Lipinski definition) is 6. The largest absolute Gasteiger partial charge is 0.497 e. The third-order valence-corrected chi connectivity index (χ3v) is 3.10. The standard InChI is InChI=1S/C16H15N3O3/c1-20-13-8-6-11(7-9-13)15-18-16(22-19-15)17-12-4-3-5-14(10-12)21-2/h3-10H,1-2H3,(H,17,18,19). The van der Waals surface area contributed by atoms with Gasteiger partial charge in [-0.1, -0.05) is 11.2 Å². The van der Waals surface area contributed by atoms with Crippen LogP contribution in [0.1, 0.15) is 0 Å². The van der Waals surface area contributed by atoms with Crippen LogP contribution >= 0.6 is 0 Å². The topological polar surface area (TPSA) is 69.4 Å². The SMILES string of the molecule is COc1ccc(-c2noc(Nc3cccc(OC)c3)n2)cc1. The van der Waals surface area contributed by atoms with Gasteiger partial charge in [-0.15, -0.1) is 0 Å². The molecule has 0 saturated heterocycles. The van der Waals surface area contributed by atoms with Gasteiger partial charge in [-0.2, -0.15) is 4.98 Å². The van der Waals surface area contributed by atoms with Gasteiger partial charge in [0.15, 0.2) is 0 Å². The van der Waals surface area contributed by atoms with E-state index in [1.807, 2.05) is 48.5 Å². The molecule has 0 spiro atoms. The Morgan fingerprint density at radius 3 is 2.45 bits per heavy atom. The van der Waals surface area contributed by atoms with Gasteiger partial charge in [0.2, 0.25) is 5.82 Å². The van der Waals surface area contributed by atoms with Gasteiger partial charge in [0.05, 0.1) is 14.2 Å². The Balaban J connectivity index is 1.77. The van der Waals surface area contributed by atoms with E-state index in [4.69, 9.17) is 14.0 Å². The summed E-state index contributed by atoms with van der Waals surface area (Å²) in [6.07, 6.45) is 0. The first-order valence-corrected chi connectivity index (χ1v) is 6.67. The lowest BCUT2D eigenvalue weighted by Crippen LogP contribution is -1.91. The highest BCUT2D eigenvalue weighted by atomic mass is 16.5. The van der Waals surface area contributed by atoms with E-state index in [9.17, 15) is 0 Å². The summed E-state index contributed by atoms with van der Waals surface area (Å²) in [7, 11) is 3.24. The van der Waals surface area contributed by atoms with Crippen LogP contribution in [0.25, 0.3) is 11.4 Å². The van der Waals surface area contributed by atoms with Crippen LogP contribution in [-0.2, 0) is 0 Å². The maximum Gasteiger partial charge on any atom is 0.326 e. The average molecular weight is 297 g/mol. The van der Waals surface area contributed by atoms with Gasteiger partial charge in [-0.3, -0.25) is 0 Å². The lowest BCUT2D eigenvalue weighted by Gasteiger charge is -2.03. The molecule has 3 aromatic rings. The molecule has 22 heavy (non-hydrogen) atoms. The van der Waals surface area contributed by atoms with E-state index in [-0.39, 0.29) is 0 Å². The molecule has 1 aromatic heterocycles. The molecule has 0 atom stereocenters. The van der Waals surface area contributed by atoms with Crippen LogP contribution in [-0.4, -0.2) is 24.4 Å². The van der Waals surface area contributed by atoms with Crippen LogP contribution in [0.2, 0.25) is 0 Å². The molecule has 112 valence electrons. The summed E-state index contributed by atoms with van der Waals surface area (Å²) in [6.45, 7) is 0. The second-order valence-corrected chi connectivity index (χ2v) is 4.51.